The first-order valence-electron chi connectivity index (χ1n) is 6.37. The lowest BCUT2D eigenvalue weighted by molar-refractivity contribution is 0.415. The number of rotatable bonds is 6. The summed E-state index contributed by atoms with van der Waals surface area (Å²) in [5.41, 5.74) is 0.841. The molecule has 96 valence electrons. The van der Waals surface area contributed by atoms with E-state index in [-0.39, 0.29) is 5.56 Å². The zero-order valence-corrected chi connectivity index (χ0v) is 11.3. The first-order chi connectivity index (χ1) is 8.08. The summed E-state index contributed by atoms with van der Waals surface area (Å²) in [5.74, 6) is 0.800. The summed E-state index contributed by atoms with van der Waals surface area (Å²) in [6, 6.07) is 1.95. The van der Waals surface area contributed by atoms with E-state index in [1.165, 1.54) is 0 Å². The Morgan fingerprint density at radius 1 is 1.41 bits per heavy atom. The second-order valence-corrected chi connectivity index (χ2v) is 4.44. The molecule has 1 rings (SSSR count). The summed E-state index contributed by atoms with van der Waals surface area (Å²) in [6.07, 6.45) is 2.19. The van der Waals surface area contributed by atoms with Crippen LogP contribution in [0.5, 0.6) is 0 Å². The van der Waals surface area contributed by atoms with Crippen molar-refractivity contribution in [2.24, 2.45) is 0 Å². The fourth-order valence-corrected chi connectivity index (χ4v) is 2.10. The molecular formula is C13H23N3O. The van der Waals surface area contributed by atoms with Crippen LogP contribution in [0.15, 0.2) is 10.9 Å². The van der Waals surface area contributed by atoms with Crippen molar-refractivity contribution >= 4 is 0 Å². The predicted octanol–water partition coefficient (Wildman–Crippen LogP) is 1.64. The van der Waals surface area contributed by atoms with Crippen molar-refractivity contribution in [1.29, 1.82) is 0 Å². The van der Waals surface area contributed by atoms with Crippen LogP contribution in [0, 0.1) is 13.8 Å². The number of hydrogen-bond acceptors (Lipinski definition) is 3. The molecule has 1 N–H and O–H groups in total. The standard InChI is InChI=1S/C13H23N3O/c1-5-7-12(14-6-2)9-16-11(4)15-10(3)8-13(16)17/h8,12,14H,5-7,9H2,1-4H3. The molecule has 0 aliphatic heterocycles. The van der Waals surface area contributed by atoms with E-state index >= 15 is 0 Å². The molecule has 1 atom stereocenters. The number of nitrogens with zero attached hydrogens (tertiary/aromatic N) is 2. The van der Waals surface area contributed by atoms with Crippen molar-refractivity contribution in [3.05, 3.63) is 27.9 Å². The van der Waals surface area contributed by atoms with Gasteiger partial charge >= 0.3 is 0 Å². The molecule has 1 heterocycles. The fraction of sp³-hybridized carbons (Fsp3) is 0.692. The Balaban J connectivity index is 2.89. The van der Waals surface area contributed by atoms with Crippen LogP contribution >= 0.6 is 0 Å². The zero-order chi connectivity index (χ0) is 12.8. The highest BCUT2D eigenvalue weighted by Gasteiger charge is 2.10. The maximum absolute atomic E-state index is 11.9. The lowest BCUT2D eigenvalue weighted by Gasteiger charge is -2.19. The normalized spacial score (nSPS) is 12.7. The van der Waals surface area contributed by atoms with E-state index in [4.69, 9.17) is 0 Å². The first-order valence-corrected chi connectivity index (χ1v) is 6.37. The SMILES string of the molecule is CCCC(Cn1c(C)nc(C)cc1=O)NCC. The van der Waals surface area contributed by atoms with Crippen molar-refractivity contribution in [3.63, 3.8) is 0 Å². The quantitative estimate of drug-likeness (QED) is 0.818. The van der Waals surface area contributed by atoms with Gasteiger partial charge in [-0.25, -0.2) is 4.98 Å². The van der Waals surface area contributed by atoms with E-state index in [1.54, 1.807) is 10.6 Å². The van der Waals surface area contributed by atoms with Gasteiger partial charge in [-0.15, -0.1) is 0 Å². The van der Waals surface area contributed by atoms with Crippen LogP contribution in [0.4, 0.5) is 0 Å². The largest absolute Gasteiger partial charge is 0.312 e. The van der Waals surface area contributed by atoms with Crippen LogP contribution < -0.4 is 10.9 Å². The lowest BCUT2D eigenvalue weighted by atomic mass is 10.1. The molecule has 0 bridgehead atoms. The van der Waals surface area contributed by atoms with Gasteiger partial charge in [0, 0.05) is 24.3 Å². The van der Waals surface area contributed by atoms with E-state index < -0.39 is 0 Å². The number of hydrogen-bond donors (Lipinski definition) is 1. The highest BCUT2D eigenvalue weighted by molar-refractivity contribution is 5.01. The maximum Gasteiger partial charge on any atom is 0.253 e. The Bertz CT molecular complexity index is 406. The molecule has 0 aliphatic rings. The lowest BCUT2D eigenvalue weighted by Crippen LogP contribution is -2.37. The minimum absolute atomic E-state index is 0.0500. The van der Waals surface area contributed by atoms with Gasteiger partial charge in [-0.05, 0) is 26.8 Å². The Kier molecular flexibility index (Phi) is 5.35. The van der Waals surface area contributed by atoms with Gasteiger partial charge in [0.05, 0.1) is 0 Å². The third-order valence-electron chi connectivity index (χ3n) is 2.86. The molecule has 0 spiro atoms. The van der Waals surface area contributed by atoms with Crippen LogP contribution in [0.3, 0.4) is 0 Å². The molecule has 0 fully saturated rings. The van der Waals surface area contributed by atoms with Gasteiger partial charge in [0.2, 0.25) is 0 Å². The van der Waals surface area contributed by atoms with E-state index in [0.717, 1.165) is 30.9 Å². The highest BCUT2D eigenvalue weighted by Crippen LogP contribution is 2.01. The van der Waals surface area contributed by atoms with Crippen LogP contribution in [0.25, 0.3) is 0 Å². The van der Waals surface area contributed by atoms with Crippen LogP contribution in [-0.4, -0.2) is 22.1 Å². The van der Waals surface area contributed by atoms with Crippen molar-refractivity contribution in [3.8, 4) is 0 Å². The third kappa shape index (κ3) is 3.97. The maximum atomic E-state index is 11.9. The fourth-order valence-electron chi connectivity index (χ4n) is 2.10. The summed E-state index contributed by atoms with van der Waals surface area (Å²) in [6.45, 7) is 9.63. The van der Waals surface area contributed by atoms with E-state index in [1.807, 2.05) is 13.8 Å². The molecule has 0 saturated carbocycles. The average molecular weight is 237 g/mol. The van der Waals surface area contributed by atoms with E-state index in [0.29, 0.717) is 12.6 Å². The molecule has 0 radical (unpaired) electrons. The van der Waals surface area contributed by atoms with Gasteiger partial charge in [-0.3, -0.25) is 9.36 Å². The van der Waals surface area contributed by atoms with E-state index in [2.05, 4.69) is 24.1 Å². The Morgan fingerprint density at radius 3 is 2.65 bits per heavy atom. The Hall–Kier alpha value is -1.16. The number of aryl methyl sites for hydroxylation is 2. The third-order valence-corrected chi connectivity index (χ3v) is 2.86. The summed E-state index contributed by atoms with van der Waals surface area (Å²) in [4.78, 5) is 16.2. The Labute approximate surface area is 103 Å². The minimum Gasteiger partial charge on any atom is -0.312 e. The summed E-state index contributed by atoms with van der Waals surface area (Å²) >= 11 is 0. The van der Waals surface area contributed by atoms with Crippen molar-refractivity contribution in [2.45, 2.75) is 53.1 Å². The van der Waals surface area contributed by atoms with Gasteiger partial charge in [0.15, 0.2) is 0 Å². The summed E-state index contributed by atoms with van der Waals surface area (Å²) in [5, 5.41) is 3.41. The van der Waals surface area contributed by atoms with Crippen molar-refractivity contribution in [1.82, 2.24) is 14.9 Å². The number of nitrogens with one attached hydrogen (secondary N) is 1. The highest BCUT2D eigenvalue weighted by atomic mass is 16.1. The van der Waals surface area contributed by atoms with Crippen LogP contribution in [0.1, 0.15) is 38.2 Å². The van der Waals surface area contributed by atoms with Gasteiger partial charge in [0.25, 0.3) is 5.56 Å². The molecule has 0 aliphatic carbocycles. The molecule has 4 nitrogen and oxygen atoms in total. The molecule has 1 aromatic heterocycles. The smallest absolute Gasteiger partial charge is 0.253 e. The topological polar surface area (TPSA) is 46.9 Å². The molecular weight excluding hydrogens is 214 g/mol. The van der Waals surface area contributed by atoms with Crippen molar-refractivity contribution in [2.75, 3.05) is 6.54 Å². The Morgan fingerprint density at radius 2 is 2.12 bits per heavy atom. The molecule has 0 aromatic carbocycles. The molecule has 4 heteroatoms. The molecule has 1 unspecified atom stereocenters. The second-order valence-electron chi connectivity index (χ2n) is 4.44. The average Bonchev–Trinajstić information content (AvgIpc) is 2.23. The van der Waals surface area contributed by atoms with Gasteiger partial charge in [0.1, 0.15) is 5.82 Å². The molecule has 1 aromatic rings. The zero-order valence-electron chi connectivity index (χ0n) is 11.3. The molecule has 0 amide bonds. The predicted molar refractivity (Wildman–Crippen MR) is 70.3 cm³/mol. The van der Waals surface area contributed by atoms with Gasteiger partial charge in [-0.1, -0.05) is 20.3 Å². The summed E-state index contributed by atoms with van der Waals surface area (Å²) < 4.78 is 1.76. The molecule has 17 heavy (non-hydrogen) atoms. The van der Waals surface area contributed by atoms with Gasteiger partial charge < -0.3 is 5.32 Å². The molecule has 0 saturated heterocycles. The minimum atomic E-state index is 0.0500. The monoisotopic (exact) mass is 237 g/mol. The number of aromatic nitrogens is 2. The summed E-state index contributed by atoms with van der Waals surface area (Å²) in [7, 11) is 0. The van der Waals surface area contributed by atoms with Crippen LogP contribution in [-0.2, 0) is 6.54 Å². The van der Waals surface area contributed by atoms with Gasteiger partial charge in [-0.2, -0.15) is 0 Å². The second kappa shape index (κ2) is 6.55. The van der Waals surface area contributed by atoms with E-state index in [9.17, 15) is 4.79 Å². The number of likely N-dealkylation sites (N-methyl/N-ethyl adjacent to an activating group) is 1. The first kappa shape index (κ1) is 13.9. The van der Waals surface area contributed by atoms with Crippen molar-refractivity contribution < 1.29 is 0 Å². The van der Waals surface area contributed by atoms with Crippen LogP contribution in [0.2, 0.25) is 0 Å².